The van der Waals surface area contributed by atoms with Gasteiger partial charge in [0.25, 0.3) is 5.91 Å². The van der Waals surface area contributed by atoms with Crippen LogP contribution in [0.3, 0.4) is 0 Å². The highest BCUT2D eigenvalue weighted by Gasteiger charge is 2.30. The van der Waals surface area contributed by atoms with E-state index in [1.165, 1.54) is 0 Å². The second-order valence-corrected chi connectivity index (χ2v) is 8.52. The third-order valence-corrected chi connectivity index (χ3v) is 6.05. The highest BCUT2D eigenvalue weighted by molar-refractivity contribution is 6.01. The summed E-state index contributed by atoms with van der Waals surface area (Å²) >= 11 is 0. The molecule has 0 aliphatic carbocycles. The number of aryl methyl sites for hydroxylation is 2. The summed E-state index contributed by atoms with van der Waals surface area (Å²) in [4.78, 5) is 39.3. The maximum Gasteiger partial charge on any atom is 0.262 e. The number of amides is 2. The Balaban J connectivity index is 1.34. The zero-order chi connectivity index (χ0) is 22.1. The first-order valence-electron chi connectivity index (χ1n) is 10.7. The fourth-order valence-corrected chi connectivity index (χ4v) is 4.34. The lowest BCUT2D eigenvalue weighted by molar-refractivity contribution is -0.136. The number of nitrogens with zero attached hydrogens (tertiary/aromatic N) is 3. The van der Waals surface area contributed by atoms with Gasteiger partial charge in [0.15, 0.2) is 12.4 Å². The van der Waals surface area contributed by atoms with Crippen LogP contribution in [0.15, 0.2) is 24.3 Å². The van der Waals surface area contributed by atoms with Gasteiger partial charge >= 0.3 is 0 Å². The Morgan fingerprint density at radius 2 is 1.97 bits per heavy atom. The van der Waals surface area contributed by atoms with Crippen molar-refractivity contribution < 1.29 is 19.1 Å². The Bertz CT molecular complexity index is 1020. The first-order valence-corrected chi connectivity index (χ1v) is 10.7. The van der Waals surface area contributed by atoms with E-state index < -0.39 is 0 Å². The van der Waals surface area contributed by atoms with Crippen LogP contribution in [0.25, 0.3) is 0 Å². The van der Waals surface area contributed by atoms with Crippen molar-refractivity contribution in [2.45, 2.75) is 40.2 Å². The van der Waals surface area contributed by atoms with Crippen LogP contribution in [-0.2, 0) is 16.1 Å². The predicted molar refractivity (Wildman–Crippen MR) is 115 cm³/mol. The Kier molecular flexibility index (Phi) is 5.80. The van der Waals surface area contributed by atoms with Crippen LogP contribution < -0.4 is 10.1 Å². The van der Waals surface area contributed by atoms with Crippen LogP contribution in [0.2, 0.25) is 0 Å². The molecule has 2 amide bonds. The SMILES string of the molecule is Cc1cc(C)n(C[C@@H](C)C(=O)N2CCC(C(=O)c3ccc4c(c3)NC(=O)CO4)CC2)n1. The third-order valence-electron chi connectivity index (χ3n) is 6.05. The van der Waals surface area contributed by atoms with E-state index in [1.807, 2.05) is 36.4 Å². The average molecular weight is 425 g/mol. The van der Waals surface area contributed by atoms with Crippen molar-refractivity contribution in [2.75, 3.05) is 25.0 Å². The molecule has 1 atom stereocenters. The minimum atomic E-state index is -0.224. The molecule has 0 radical (unpaired) electrons. The molecular weight excluding hydrogens is 396 g/mol. The number of carbonyl (C=O) groups is 3. The third kappa shape index (κ3) is 4.47. The van der Waals surface area contributed by atoms with E-state index >= 15 is 0 Å². The summed E-state index contributed by atoms with van der Waals surface area (Å²) < 4.78 is 7.24. The molecule has 1 N–H and O–H groups in total. The van der Waals surface area contributed by atoms with Crippen LogP contribution >= 0.6 is 0 Å². The monoisotopic (exact) mass is 424 g/mol. The lowest BCUT2D eigenvalue weighted by Crippen LogP contribution is -2.43. The van der Waals surface area contributed by atoms with Gasteiger partial charge in [-0.25, -0.2) is 0 Å². The van der Waals surface area contributed by atoms with Crippen LogP contribution in [0, 0.1) is 25.7 Å². The van der Waals surface area contributed by atoms with E-state index in [4.69, 9.17) is 4.74 Å². The van der Waals surface area contributed by atoms with E-state index in [0.717, 1.165) is 11.4 Å². The number of likely N-dealkylation sites (tertiary alicyclic amines) is 1. The Labute approximate surface area is 181 Å². The molecule has 1 fully saturated rings. The number of ether oxygens (including phenoxy) is 1. The van der Waals surface area contributed by atoms with Crippen molar-refractivity contribution in [3.8, 4) is 5.75 Å². The number of anilines is 1. The molecule has 2 aliphatic rings. The summed E-state index contributed by atoms with van der Waals surface area (Å²) in [7, 11) is 0. The highest BCUT2D eigenvalue weighted by atomic mass is 16.5. The standard InChI is InChI=1S/C23H28N4O4/c1-14(12-27-16(3)10-15(2)25-27)23(30)26-8-6-17(7-9-26)22(29)18-4-5-20-19(11-18)24-21(28)13-31-20/h4-5,10-11,14,17H,6-9,12-13H2,1-3H3,(H,24,28)/t14-/m1/s1. The number of hydrogen-bond acceptors (Lipinski definition) is 5. The first-order chi connectivity index (χ1) is 14.8. The van der Waals surface area contributed by atoms with Crippen molar-refractivity contribution >= 4 is 23.3 Å². The Hall–Kier alpha value is -3.16. The highest BCUT2D eigenvalue weighted by Crippen LogP contribution is 2.31. The van der Waals surface area contributed by atoms with Gasteiger partial charge in [0.05, 0.1) is 23.8 Å². The largest absolute Gasteiger partial charge is 0.482 e. The summed E-state index contributed by atoms with van der Waals surface area (Å²) in [5.41, 5.74) is 3.10. The molecule has 31 heavy (non-hydrogen) atoms. The number of fused-ring (bicyclic) bond motifs is 1. The molecule has 0 saturated carbocycles. The van der Waals surface area contributed by atoms with Crippen molar-refractivity contribution in [1.82, 2.24) is 14.7 Å². The molecule has 1 aromatic carbocycles. The zero-order valence-corrected chi connectivity index (χ0v) is 18.2. The average Bonchev–Trinajstić information content (AvgIpc) is 3.08. The van der Waals surface area contributed by atoms with E-state index in [1.54, 1.807) is 18.2 Å². The molecule has 2 aliphatic heterocycles. The molecule has 1 saturated heterocycles. The summed E-state index contributed by atoms with van der Waals surface area (Å²) in [5.74, 6) is 0.201. The summed E-state index contributed by atoms with van der Waals surface area (Å²) in [6.07, 6.45) is 1.27. The van der Waals surface area contributed by atoms with Crippen LogP contribution in [0.5, 0.6) is 5.75 Å². The fourth-order valence-electron chi connectivity index (χ4n) is 4.34. The van der Waals surface area contributed by atoms with E-state index in [2.05, 4.69) is 10.4 Å². The molecule has 2 aromatic rings. The van der Waals surface area contributed by atoms with E-state index in [9.17, 15) is 14.4 Å². The first kappa shape index (κ1) is 21.1. The molecule has 8 heteroatoms. The van der Waals surface area contributed by atoms with Crippen molar-refractivity contribution in [2.24, 2.45) is 11.8 Å². The minimum Gasteiger partial charge on any atom is -0.482 e. The van der Waals surface area contributed by atoms with E-state index in [0.29, 0.717) is 49.5 Å². The second kappa shape index (κ2) is 8.53. The number of aromatic nitrogens is 2. The van der Waals surface area contributed by atoms with Gasteiger partial charge in [0, 0.05) is 30.3 Å². The van der Waals surface area contributed by atoms with Gasteiger partial charge in [-0.05, 0) is 51.0 Å². The number of rotatable bonds is 5. The number of benzene rings is 1. The summed E-state index contributed by atoms with van der Waals surface area (Å²) in [6.45, 7) is 7.56. The number of ketones is 1. The van der Waals surface area contributed by atoms with Gasteiger partial charge in [0.2, 0.25) is 5.91 Å². The summed E-state index contributed by atoms with van der Waals surface area (Å²) in [5, 5.41) is 7.19. The number of carbonyl (C=O) groups excluding carboxylic acids is 3. The summed E-state index contributed by atoms with van der Waals surface area (Å²) in [6, 6.07) is 7.16. The Morgan fingerprint density at radius 3 is 2.65 bits per heavy atom. The number of hydrogen-bond donors (Lipinski definition) is 1. The quantitative estimate of drug-likeness (QED) is 0.745. The lowest BCUT2D eigenvalue weighted by Gasteiger charge is -2.33. The molecule has 0 spiro atoms. The molecule has 0 unspecified atom stereocenters. The molecule has 164 valence electrons. The van der Waals surface area contributed by atoms with Crippen molar-refractivity contribution in [1.29, 1.82) is 0 Å². The number of piperidine rings is 1. The molecule has 4 rings (SSSR count). The van der Waals surface area contributed by atoms with Crippen LogP contribution in [0.4, 0.5) is 5.69 Å². The zero-order valence-electron chi connectivity index (χ0n) is 18.2. The molecule has 8 nitrogen and oxygen atoms in total. The maximum absolute atomic E-state index is 13.0. The number of Topliss-reactive ketones (excluding diaryl/α,β-unsaturated/α-hetero) is 1. The van der Waals surface area contributed by atoms with Crippen molar-refractivity contribution in [3.05, 3.63) is 41.2 Å². The second-order valence-electron chi connectivity index (χ2n) is 8.52. The van der Waals surface area contributed by atoms with Crippen LogP contribution in [-0.4, -0.2) is 52.0 Å². The number of nitrogens with one attached hydrogen (secondary N) is 1. The molecule has 1 aromatic heterocycles. The smallest absolute Gasteiger partial charge is 0.262 e. The van der Waals surface area contributed by atoms with Gasteiger partial charge in [-0.15, -0.1) is 0 Å². The maximum atomic E-state index is 13.0. The van der Waals surface area contributed by atoms with Crippen LogP contribution in [0.1, 0.15) is 41.5 Å². The van der Waals surface area contributed by atoms with Gasteiger partial charge < -0.3 is 15.0 Å². The van der Waals surface area contributed by atoms with Gasteiger partial charge in [-0.3, -0.25) is 19.1 Å². The van der Waals surface area contributed by atoms with E-state index in [-0.39, 0.29) is 36.0 Å². The van der Waals surface area contributed by atoms with Gasteiger partial charge in [-0.1, -0.05) is 6.92 Å². The molecule has 3 heterocycles. The minimum absolute atomic E-state index is 0.00915. The van der Waals surface area contributed by atoms with Gasteiger partial charge in [0.1, 0.15) is 5.75 Å². The van der Waals surface area contributed by atoms with Gasteiger partial charge in [-0.2, -0.15) is 5.10 Å². The fraction of sp³-hybridized carbons (Fsp3) is 0.478. The normalized spacial score (nSPS) is 17.5. The Morgan fingerprint density at radius 1 is 1.23 bits per heavy atom. The topological polar surface area (TPSA) is 93.5 Å². The van der Waals surface area contributed by atoms with Crippen molar-refractivity contribution in [3.63, 3.8) is 0 Å². The lowest BCUT2D eigenvalue weighted by atomic mass is 9.88. The predicted octanol–water partition coefficient (Wildman–Crippen LogP) is 2.59. The molecule has 0 bridgehead atoms. The molecular formula is C23H28N4O4.